The summed E-state index contributed by atoms with van der Waals surface area (Å²) < 4.78 is 0. The second-order valence-corrected chi connectivity index (χ2v) is 17.4. The normalized spacial score (nSPS) is 46.5. The van der Waals surface area contributed by atoms with E-state index in [2.05, 4.69) is 66.0 Å². The summed E-state index contributed by atoms with van der Waals surface area (Å²) >= 11 is 0. The molecule has 0 aliphatic heterocycles. The summed E-state index contributed by atoms with van der Waals surface area (Å²) in [5.41, 5.74) is 0.355. The Morgan fingerprint density at radius 2 is 1.63 bits per heavy atom. The molecule has 6 rings (SSSR count). The molecule has 5 saturated carbocycles. The first-order valence-electron chi connectivity index (χ1n) is 17.0. The van der Waals surface area contributed by atoms with Crippen LogP contribution < -0.4 is 5.32 Å². The van der Waals surface area contributed by atoms with Gasteiger partial charge in [-0.2, -0.15) is 5.06 Å². The number of terminal acetylenes is 1. The van der Waals surface area contributed by atoms with Crippen LogP contribution in [0.25, 0.3) is 0 Å². The third-order valence-corrected chi connectivity index (χ3v) is 14.7. The van der Waals surface area contributed by atoms with Crippen LogP contribution in [0, 0.1) is 62.8 Å². The van der Waals surface area contributed by atoms with E-state index in [1.54, 1.807) is 6.92 Å². The minimum Gasteiger partial charge on any atom is -0.353 e. The maximum absolute atomic E-state index is 14.7. The average Bonchev–Trinajstić information content (AvgIpc) is 3.76. The van der Waals surface area contributed by atoms with Gasteiger partial charge in [0.05, 0.1) is 11.5 Å². The number of ketones is 1. The van der Waals surface area contributed by atoms with Crippen molar-refractivity contribution < 1.29 is 19.2 Å². The van der Waals surface area contributed by atoms with Gasteiger partial charge in [-0.05, 0) is 116 Å². The fourth-order valence-corrected chi connectivity index (χ4v) is 11.8. The third-order valence-electron chi connectivity index (χ3n) is 14.7. The van der Waals surface area contributed by atoms with Crippen LogP contribution in [0.5, 0.6) is 0 Å². The summed E-state index contributed by atoms with van der Waals surface area (Å²) in [6.45, 7) is 18.0. The summed E-state index contributed by atoms with van der Waals surface area (Å²) in [5, 5.41) is 4.75. The number of hydrogen-bond acceptors (Lipinski definition) is 4. The van der Waals surface area contributed by atoms with Crippen LogP contribution in [0.1, 0.15) is 126 Å². The van der Waals surface area contributed by atoms with Gasteiger partial charge in [-0.25, -0.2) is 0 Å². The van der Waals surface area contributed by atoms with Gasteiger partial charge in [0.2, 0.25) is 5.91 Å². The molecule has 0 bridgehead atoms. The maximum Gasteiger partial charge on any atom is 0.262 e. The molecule has 0 spiro atoms. The van der Waals surface area contributed by atoms with E-state index >= 15 is 0 Å². The molecule has 0 heterocycles. The molecule has 9 atom stereocenters. The molecule has 0 radical (unpaired) electrons. The zero-order chi connectivity index (χ0) is 31.4. The van der Waals surface area contributed by atoms with E-state index in [4.69, 9.17) is 11.3 Å². The number of nitrogens with zero attached hydrogens (tertiary/aromatic N) is 1. The lowest BCUT2D eigenvalue weighted by Gasteiger charge is -2.70. The van der Waals surface area contributed by atoms with E-state index in [9.17, 15) is 14.4 Å². The van der Waals surface area contributed by atoms with Gasteiger partial charge in [-0.15, -0.1) is 0 Å². The first-order valence-corrected chi connectivity index (χ1v) is 17.0. The number of carbonyl (C=O) groups is 3. The van der Waals surface area contributed by atoms with Crippen LogP contribution in [0.4, 0.5) is 0 Å². The zero-order valence-corrected chi connectivity index (χ0v) is 27.9. The largest absolute Gasteiger partial charge is 0.353 e. The molecule has 236 valence electrons. The minimum absolute atomic E-state index is 0.0141. The highest BCUT2D eigenvalue weighted by atomic mass is 16.7. The fraction of sp³-hybridized carbons (Fsp3) is 0.811. The number of amides is 2. The number of nitrogens with one attached hydrogen (secondary N) is 1. The van der Waals surface area contributed by atoms with Gasteiger partial charge in [0.15, 0.2) is 5.78 Å². The molecule has 5 fully saturated rings. The number of rotatable bonds is 4. The summed E-state index contributed by atoms with van der Waals surface area (Å²) in [4.78, 5) is 46.2. The Bertz CT molecular complexity index is 1310. The Labute approximate surface area is 259 Å². The Hall–Kier alpha value is -2.29. The van der Waals surface area contributed by atoms with Crippen LogP contribution in [0.3, 0.4) is 0 Å². The molecule has 0 saturated heterocycles. The van der Waals surface area contributed by atoms with E-state index in [1.807, 2.05) is 0 Å². The lowest BCUT2D eigenvalue weighted by Crippen LogP contribution is -2.67. The van der Waals surface area contributed by atoms with Crippen molar-refractivity contribution in [2.24, 2.45) is 50.2 Å². The number of carbonyl (C=O) groups excluding carboxylic acids is 3. The Kier molecular flexibility index (Phi) is 6.86. The SMILES string of the molecule is C#CON(C(=O)[C@@]1(C)CC[C@]2(C)CC[C@]3(C)C(=CC(=O)[C@@H]4[C@@]5(C)CC[C@H](NC(C)=O)C(C)(C)C5CC[C@]43C)[C@@H]2C1)C1CC1. The minimum atomic E-state index is -0.570. The van der Waals surface area contributed by atoms with E-state index in [1.165, 1.54) is 10.6 Å². The molecule has 43 heavy (non-hydrogen) atoms. The predicted molar refractivity (Wildman–Crippen MR) is 167 cm³/mol. The maximum atomic E-state index is 14.7. The van der Waals surface area contributed by atoms with Crippen molar-refractivity contribution in [3.05, 3.63) is 11.6 Å². The predicted octanol–water partition coefficient (Wildman–Crippen LogP) is 6.99. The molecule has 2 amide bonds. The second kappa shape index (κ2) is 9.60. The first-order chi connectivity index (χ1) is 20.0. The van der Waals surface area contributed by atoms with Crippen molar-refractivity contribution in [2.45, 2.75) is 138 Å². The summed E-state index contributed by atoms with van der Waals surface area (Å²) in [6.07, 6.45) is 20.4. The van der Waals surface area contributed by atoms with Gasteiger partial charge >= 0.3 is 0 Å². The summed E-state index contributed by atoms with van der Waals surface area (Å²) in [6, 6.07) is 0.218. The first kappa shape index (κ1) is 30.7. The van der Waals surface area contributed by atoms with Crippen LogP contribution in [0.2, 0.25) is 0 Å². The number of fused-ring (bicyclic) bond motifs is 7. The van der Waals surface area contributed by atoms with E-state index < -0.39 is 5.41 Å². The zero-order valence-electron chi connectivity index (χ0n) is 27.9. The van der Waals surface area contributed by atoms with Gasteiger partial charge in [0, 0.05) is 18.9 Å². The molecule has 6 heteroatoms. The van der Waals surface area contributed by atoms with Crippen molar-refractivity contribution in [1.29, 1.82) is 0 Å². The average molecular weight is 591 g/mol. The van der Waals surface area contributed by atoms with Crippen LogP contribution in [-0.4, -0.2) is 34.7 Å². The molecule has 1 unspecified atom stereocenters. The van der Waals surface area contributed by atoms with Crippen LogP contribution in [0.15, 0.2) is 11.6 Å². The summed E-state index contributed by atoms with van der Waals surface area (Å²) in [5.74, 6) is 0.848. The second-order valence-electron chi connectivity index (χ2n) is 17.4. The standard InChI is InChI=1S/C37H54N2O4/c1-10-43-39(24-11-12-24)31(42)34(6)18-17-33(5)19-20-36(8)25(26(33)22-34)21-27(41)30-35(7)15-14-29(38-23(2)40)32(3,4)28(35)13-16-37(30,36)9/h1,21,24,26,28-30H,11-20,22H2,2-9H3,(H,38,40)/t26-,28?,29-,30+,33+,34-,35-,36+,37+/m0/s1. The highest BCUT2D eigenvalue weighted by molar-refractivity contribution is 5.96. The highest BCUT2D eigenvalue weighted by Crippen LogP contribution is 2.75. The van der Waals surface area contributed by atoms with Crippen LogP contribution in [-0.2, 0) is 19.2 Å². The van der Waals surface area contributed by atoms with Crippen molar-refractivity contribution in [3.63, 3.8) is 0 Å². The molecular weight excluding hydrogens is 536 g/mol. The van der Waals surface area contributed by atoms with Crippen LogP contribution >= 0.6 is 0 Å². The summed E-state index contributed by atoms with van der Waals surface area (Å²) in [7, 11) is 0. The Balaban J connectivity index is 1.37. The van der Waals surface area contributed by atoms with Crippen molar-refractivity contribution in [3.8, 4) is 12.5 Å². The fourth-order valence-electron chi connectivity index (χ4n) is 11.8. The lowest BCUT2D eigenvalue weighted by molar-refractivity contribution is -0.193. The topological polar surface area (TPSA) is 75.7 Å². The third kappa shape index (κ3) is 4.22. The van der Waals surface area contributed by atoms with Gasteiger partial charge < -0.3 is 10.2 Å². The quantitative estimate of drug-likeness (QED) is 0.283. The Morgan fingerprint density at radius 1 is 0.953 bits per heavy atom. The monoisotopic (exact) mass is 590 g/mol. The molecule has 6 nitrogen and oxygen atoms in total. The molecule has 0 aromatic rings. The number of hydroxylamine groups is 2. The van der Waals surface area contributed by atoms with Gasteiger partial charge in [0.25, 0.3) is 5.91 Å². The van der Waals surface area contributed by atoms with Crippen molar-refractivity contribution in [2.75, 3.05) is 0 Å². The molecule has 6 aliphatic carbocycles. The van der Waals surface area contributed by atoms with Crippen molar-refractivity contribution >= 4 is 17.6 Å². The van der Waals surface area contributed by atoms with Crippen molar-refractivity contribution in [1.82, 2.24) is 10.4 Å². The number of allylic oxidation sites excluding steroid dienone is 2. The number of hydrogen-bond donors (Lipinski definition) is 1. The van der Waals surface area contributed by atoms with E-state index in [0.29, 0.717) is 11.7 Å². The van der Waals surface area contributed by atoms with E-state index in [-0.39, 0.29) is 62.8 Å². The van der Waals surface area contributed by atoms with Gasteiger partial charge in [-0.1, -0.05) is 60.5 Å². The lowest BCUT2D eigenvalue weighted by atomic mass is 9.33. The Morgan fingerprint density at radius 3 is 2.26 bits per heavy atom. The highest BCUT2D eigenvalue weighted by Gasteiger charge is 2.70. The van der Waals surface area contributed by atoms with E-state index in [0.717, 1.165) is 70.6 Å². The molecular formula is C37H54N2O4. The molecule has 1 N–H and O–H groups in total. The van der Waals surface area contributed by atoms with Gasteiger partial charge in [-0.3, -0.25) is 14.4 Å². The van der Waals surface area contributed by atoms with Gasteiger partial charge in [0.1, 0.15) is 6.11 Å². The molecule has 0 aromatic heterocycles. The smallest absolute Gasteiger partial charge is 0.262 e. The molecule has 0 aromatic carbocycles. The molecule has 6 aliphatic rings.